The normalized spacial score (nSPS) is 16.3. The van der Waals surface area contributed by atoms with E-state index in [0.717, 1.165) is 22.5 Å². The molecule has 0 amide bonds. The zero-order chi connectivity index (χ0) is 19.4. The fourth-order valence-corrected chi connectivity index (χ4v) is 4.27. The van der Waals surface area contributed by atoms with Gasteiger partial charge >= 0.3 is 0 Å². The first-order chi connectivity index (χ1) is 12.9. The van der Waals surface area contributed by atoms with E-state index in [9.17, 15) is 8.42 Å². The topological polar surface area (TPSA) is 71.0 Å². The van der Waals surface area contributed by atoms with Gasteiger partial charge in [0, 0.05) is 18.1 Å². The number of halogens is 1. The zero-order valence-corrected chi connectivity index (χ0v) is 16.8. The number of sulfonamides is 1. The molecule has 2 aromatic carbocycles. The lowest BCUT2D eigenvalue weighted by atomic mass is 10.1. The standard InChI is InChI=1S/C19H22ClN3O3S/c1-14-3-6-17(13-19(14)20)22-21-15(2)16-4-7-18(8-5-16)27(24,25)23-9-11-26-12-10-23/h3-8,13,22H,9-12H2,1-2H3/b21-15+. The van der Waals surface area contributed by atoms with E-state index < -0.39 is 10.0 Å². The number of anilines is 1. The van der Waals surface area contributed by atoms with Crippen molar-refractivity contribution in [2.45, 2.75) is 18.7 Å². The molecule has 0 spiro atoms. The summed E-state index contributed by atoms with van der Waals surface area (Å²) in [6.45, 7) is 5.41. The molecule has 0 radical (unpaired) electrons. The summed E-state index contributed by atoms with van der Waals surface area (Å²) >= 11 is 6.11. The van der Waals surface area contributed by atoms with Crippen LogP contribution in [0.1, 0.15) is 18.1 Å². The molecular weight excluding hydrogens is 386 g/mol. The van der Waals surface area contributed by atoms with Gasteiger partial charge in [0.25, 0.3) is 0 Å². The zero-order valence-electron chi connectivity index (χ0n) is 15.3. The molecule has 27 heavy (non-hydrogen) atoms. The van der Waals surface area contributed by atoms with Gasteiger partial charge < -0.3 is 4.74 Å². The molecule has 0 atom stereocenters. The van der Waals surface area contributed by atoms with Gasteiger partial charge in [0.15, 0.2) is 0 Å². The number of rotatable bonds is 5. The second-order valence-corrected chi connectivity index (χ2v) is 8.66. The number of aryl methyl sites for hydroxylation is 1. The molecule has 6 nitrogen and oxygen atoms in total. The van der Waals surface area contributed by atoms with Crippen molar-refractivity contribution in [2.24, 2.45) is 5.10 Å². The van der Waals surface area contributed by atoms with Gasteiger partial charge in [0.1, 0.15) is 0 Å². The van der Waals surface area contributed by atoms with Crippen molar-refractivity contribution in [1.29, 1.82) is 0 Å². The largest absolute Gasteiger partial charge is 0.379 e. The van der Waals surface area contributed by atoms with Gasteiger partial charge in [0.05, 0.1) is 29.5 Å². The molecule has 1 saturated heterocycles. The van der Waals surface area contributed by atoms with Crippen molar-refractivity contribution < 1.29 is 13.2 Å². The van der Waals surface area contributed by atoms with E-state index in [2.05, 4.69) is 10.5 Å². The van der Waals surface area contributed by atoms with Gasteiger partial charge in [-0.2, -0.15) is 9.41 Å². The van der Waals surface area contributed by atoms with Crippen molar-refractivity contribution in [1.82, 2.24) is 4.31 Å². The minimum Gasteiger partial charge on any atom is -0.379 e. The highest BCUT2D eigenvalue weighted by molar-refractivity contribution is 7.89. The predicted octanol–water partition coefficient (Wildman–Crippen LogP) is 3.51. The molecular formula is C19H22ClN3O3S. The summed E-state index contributed by atoms with van der Waals surface area (Å²) in [4.78, 5) is 0.277. The molecule has 0 saturated carbocycles. The first kappa shape index (κ1) is 19.8. The molecule has 3 rings (SSSR count). The summed E-state index contributed by atoms with van der Waals surface area (Å²) in [5.74, 6) is 0. The molecule has 0 aliphatic carbocycles. The van der Waals surface area contributed by atoms with Crippen LogP contribution in [0.25, 0.3) is 0 Å². The highest BCUT2D eigenvalue weighted by Crippen LogP contribution is 2.21. The number of ether oxygens (including phenoxy) is 1. The molecule has 8 heteroatoms. The van der Waals surface area contributed by atoms with E-state index in [-0.39, 0.29) is 4.90 Å². The summed E-state index contributed by atoms with van der Waals surface area (Å²) < 4.78 is 32.0. The Kier molecular flexibility index (Phi) is 6.16. The Labute approximate surface area is 164 Å². The van der Waals surface area contributed by atoms with Crippen LogP contribution < -0.4 is 5.43 Å². The maximum absolute atomic E-state index is 12.7. The van der Waals surface area contributed by atoms with Crippen molar-refractivity contribution in [3.63, 3.8) is 0 Å². The van der Waals surface area contributed by atoms with Gasteiger partial charge in [-0.25, -0.2) is 8.42 Å². The van der Waals surface area contributed by atoms with Crippen molar-refractivity contribution in [3.05, 3.63) is 58.6 Å². The van der Waals surface area contributed by atoms with Crippen LogP contribution in [0.5, 0.6) is 0 Å². The summed E-state index contributed by atoms with van der Waals surface area (Å²) in [7, 11) is -3.49. The average molecular weight is 408 g/mol. The monoisotopic (exact) mass is 407 g/mol. The summed E-state index contributed by atoms with van der Waals surface area (Å²) in [6.07, 6.45) is 0. The van der Waals surface area contributed by atoms with Crippen molar-refractivity contribution in [2.75, 3.05) is 31.7 Å². The van der Waals surface area contributed by atoms with Crippen LogP contribution in [0.15, 0.2) is 52.5 Å². The van der Waals surface area contributed by atoms with Crippen LogP contribution >= 0.6 is 11.6 Å². The highest BCUT2D eigenvalue weighted by Gasteiger charge is 2.26. The third-order valence-corrected chi connectivity index (χ3v) is 6.72. The maximum Gasteiger partial charge on any atom is 0.243 e. The molecule has 144 valence electrons. The van der Waals surface area contributed by atoms with Crippen LogP contribution in [-0.4, -0.2) is 44.7 Å². The molecule has 1 aliphatic rings. The van der Waals surface area contributed by atoms with Gasteiger partial charge in [-0.05, 0) is 49.2 Å². The second-order valence-electron chi connectivity index (χ2n) is 6.31. The Bertz CT molecular complexity index is 937. The Hall–Kier alpha value is -1.93. The van der Waals surface area contributed by atoms with Crippen LogP contribution in [0.4, 0.5) is 5.69 Å². The number of morpholine rings is 1. The lowest BCUT2D eigenvalue weighted by molar-refractivity contribution is 0.0730. The molecule has 0 aromatic heterocycles. The number of hydrazone groups is 1. The summed E-state index contributed by atoms with van der Waals surface area (Å²) in [5.41, 5.74) is 6.33. The number of nitrogens with zero attached hydrogens (tertiary/aromatic N) is 2. The van der Waals surface area contributed by atoms with Crippen LogP contribution in [-0.2, 0) is 14.8 Å². The Balaban J connectivity index is 1.73. The molecule has 2 aromatic rings. The van der Waals surface area contributed by atoms with E-state index in [1.165, 1.54) is 4.31 Å². The smallest absolute Gasteiger partial charge is 0.243 e. The molecule has 1 fully saturated rings. The number of benzene rings is 2. The van der Waals surface area contributed by atoms with E-state index in [1.54, 1.807) is 24.3 Å². The van der Waals surface area contributed by atoms with Gasteiger partial charge in [-0.1, -0.05) is 29.8 Å². The SMILES string of the molecule is C/C(=N\Nc1ccc(C)c(Cl)c1)c1ccc(S(=O)(=O)N2CCOCC2)cc1. The van der Waals surface area contributed by atoms with E-state index in [0.29, 0.717) is 31.3 Å². The number of nitrogens with one attached hydrogen (secondary N) is 1. The van der Waals surface area contributed by atoms with Gasteiger partial charge in [0.2, 0.25) is 10.0 Å². The first-order valence-corrected chi connectivity index (χ1v) is 10.4. The minimum atomic E-state index is -3.49. The quantitative estimate of drug-likeness (QED) is 0.608. The van der Waals surface area contributed by atoms with Crippen LogP contribution in [0.2, 0.25) is 5.02 Å². The molecule has 0 unspecified atom stereocenters. The molecule has 1 heterocycles. The Morgan fingerprint density at radius 1 is 1.15 bits per heavy atom. The summed E-state index contributed by atoms with van der Waals surface area (Å²) in [5, 5.41) is 5.02. The molecule has 0 bridgehead atoms. The molecule has 1 aliphatic heterocycles. The lowest BCUT2D eigenvalue weighted by Crippen LogP contribution is -2.40. The highest BCUT2D eigenvalue weighted by atomic mass is 35.5. The lowest BCUT2D eigenvalue weighted by Gasteiger charge is -2.26. The fourth-order valence-electron chi connectivity index (χ4n) is 2.68. The van der Waals surface area contributed by atoms with Crippen LogP contribution in [0, 0.1) is 6.92 Å². The number of hydrogen-bond acceptors (Lipinski definition) is 5. The Morgan fingerprint density at radius 3 is 2.44 bits per heavy atom. The minimum absolute atomic E-state index is 0.277. The predicted molar refractivity (Wildman–Crippen MR) is 108 cm³/mol. The van der Waals surface area contributed by atoms with Gasteiger partial charge in [-0.3, -0.25) is 5.43 Å². The van der Waals surface area contributed by atoms with E-state index in [1.807, 2.05) is 32.0 Å². The second kappa shape index (κ2) is 8.39. The first-order valence-electron chi connectivity index (χ1n) is 8.63. The number of hydrogen-bond donors (Lipinski definition) is 1. The van der Waals surface area contributed by atoms with Crippen molar-refractivity contribution in [3.8, 4) is 0 Å². The third-order valence-electron chi connectivity index (χ3n) is 4.40. The molecule has 1 N–H and O–H groups in total. The summed E-state index contributed by atoms with van der Waals surface area (Å²) in [6, 6.07) is 12.4. The van der Waals surface area contributed by atoms with E-state index >= 15 is 0 Å². The Morgan fingerprint density at radius 2 is 1.81 bits per heavy atom. The van der Waals surface area contributed by atoms with Crippen molar-refractivity contribution >= 4 is 33.0 Å². The van der Waals surface area contributed by atoms with Crippen LogP contribution in [0.3, 0.4) is 0 Å². The maximum atomic E-state index is 12.7. The average Bonchev–Trinajstić information content (AvgIpc) is 2.69. The third kappa shape index (κ3) is 4.68. The van der Waals surface area contributed by atoms with E-state index in [4.69, 9.17) is 16.3 Å². The fraction of sp³-hybridized carbons (Fsp3) is 0.316. The van der Waals surface area contributed by atoms with Gasteiger partial charge in [-0.15, -0.1) is 0 Å².